The summed E-state index contributed by atoms with van der Waals surface area (Å²) in [6, 6.07) is 14.2. The van der Waals surface area contributed by atoms with Crippen LogP contribution >= 0.6 is 0 Å². The van der Waals surface area contributed by atoms with E-state index in [0.717, 1.165) is 16.3 Å². The Labute approximate surface area is 196 Å². The predicted octanol–water partition coefficient (Wildman–Crippen LogP) is 1.87. The normalized spacial score (nSPS) is 15.5. The van der Waals surface area contributed by atoms with Crippen molar-refractivity contribution in [3.8, 4) is 0 Å². The highest BCUT2D eigenvalue weighted by atomic mass is 16.2. The molecule has 34 heavy (non-hydrogen) atoms. The molecule has 0 unspecified atom stereocenters. The lowest BCUT2D eigenvalue weighted by molar-refractivity contribution is -0.131. The first-order chi connectivity index (χ1) is 16.5. The monoisotopic (exact) mass is 457 g/mol. The van der Waals surface area contributed by atoms with Gasteiger partial charge in [0.15, 0.2) is 11.6 Å². The molecule has 2 aliphatic heterocycles. The number of hydrogen-bond acceptors (Lipinski definition) is 8. The summed E-state index contributed by atoms with van der Waals surface area (Å²) in [4.78, 5) is 46.9. The maximum Gasteiger partial charge on any atom is 0.262 e. The van der Waals surface area contributed by atoms with Crippen molar-refractivity contribution in [2.45, 2.75) is 6.92 Å². The number of piperazine rings is 1. The molecule has 0 aliphatic carbocycles. The molecule has 1 saturated heterocycles. The number of amides is 3. The lowest BCUT2D eigenvalue weighted by Gasteiger charge is -2.35. The number of aromatic nitrogens is 3. The highest BCUT2D eigenvalue weighted by Crippen LogP contribution is 2.23. The van der Waals surface area contributed by atoms with Crippen LogP contribution in [0.2, 0.25) is 0 Å². The Kier molecular flexibility index (Phi) is 5.62. The van der Waals surface area contributed by atoms with E-state index in [1.165, 1.54) is 0 Å². The fourth-order valence-corrected chi connectivity index (χ4v) is 4.10. The first kappa shape index (κ1) is 21.5. The van der Waals surface area contributed by atoms with Gasteiger partial charge in [0, 0.05) is 32.4 Å². The van der Waals surface area contributed by atoms with Crippen LogP contribution in [0.3, 0.4) is 0 Å². The fraction of sp³-hybridized carbons (Fsp3) is 0.250. The second-order valence-corrected chi connectivity index (χ2v) is 8.23. The van der Waals surface area contributed by atoms with Crippen molar-refractivity contribution in [3.63, 3.8) is 0 Å². The number of rotatable bonds is 5. The Balaban J connectivity index is 1.15. The highest BCUT2D eigenvalue weighted by Gasteiger charge is 2.37. The molecule has 1 aromatic carbocycles. The minimum Gasteiger partial charge on any atom is -0.352 e. The van der Waals surface area contributed by atoms with Gasteiger partial charge in [-0.1, -0.05) is 12.1 Å². The number of aryl methyl sites for hydroxylation is 1. The van der Waals surface area contributed by atoms with Crippen molar-refractivity contribution in [3.05, 3.63) is 71.4 Å². The number of carbonyl (C=O) groups excluding carboxylic acids is 3. The number of carbonyl (C=O) groups is 3. The SMILES string of the molecule is Cc1ccnc(Nc2ccc(N3CCN(C(=O)CN4C(=O)c5ccccc5C4=O)CC3)nn2)c1. The van der Waals surface area contributed by atoms with Gasteiger partial charge in [-0.25, -0.2) is 4.98 Å². The van der Waals surface area contributed by atoms with Gasteiger partial charge >= 0.3 is 0 Å². The minimum atomic E-state index is -0.419. The zero-order valence-corrected chi connectivity index (χ0v) is 18.6. The second-order valence-electron chi connectivity index (χ2n) is 8.23. The van der Waals surface area contributed by atoms with Gasteiger partial charge in [-0.05, 0) is 48.9 Å². The van der Waals surface area contributed by atoms with Crippen LogP contribution in [-0.4, -0.2) is 75.4 Å². The minimum absolute atomic E-state index is 0.245. The molecule has 0 bridgehead atoms. The van der Waals surface area contributed by atoms with Gasteiger partial charge < -0.3 is 15.1 Å². The molecule has 10 heteroatoms. The summed E-state index contributed by atoms with van der Waals surface area (Å²) < 4.78 is 0. The Morgan fingerprint density at radius 3 is 2.24 bits per heavy atom. The number of nitrogens with zero attached hydrogens (tertiary/aromatic N) is 6. The number of pyridine rings is 1. The zero-order chi connectivity index (χ0) is 23.7. The molecule has 2 aromatic heterocycles. The number of anilines is 3. The first-order valence-electron chi connectivity index (χ1n) is 11.0. The topological polar surface area (TPSA) is 112 Å². The van der Waals surface area contributed by atoms with Crippen LogP contribution in [0.4, 0.5) is 17.5 Å². The average Bonchev–Trinajstić information content (AvgIpc) is 3.10. The van der Waals surface area contributed by atoms with E-state index in [4.69, 9.17) is 0 Å². The van der Waals surface area contributed by atoms with Crippen LogP contribution in [0, 0.1) is 6.92 Å². The van der Waals surface area contributed by atoms with Crippen LogP contribution in [0.5, 0.6) is 0 Å². The predicted molar refractivity (Wildman–Crippen MR) is 125 cm³/mol. The molecular formula is C24H23N7O3. The van der Waals surface area contributed by atoms with E-state index >= 15 is 0 Å². The maximum absolute atomic E-state index is 12.8. The quantitative estimate of drug-likeness (QED) is 0.578. The molecule has 0 radical (unpaired) electrons. The smallest absolute Gasteiger partial charge is 0.262 e. The third-order valence-electron chi connectivity index (χ3n) is 5.95. The molecule has 3 aromatic rings. The van der Waals surface area contributed by atoms with Gasteiger partial charge in [0.2, 0.25) is 5.91 Å². The zero-order valence-electron chi connectivity index (χ0n) is 18.6. The van der Waals surface area contributed by atoms with Gasteiger partial charge in [-0.2, -0.15) is 0 Å². The van der Waals surface area contributed by atoms with E-state index in [0.29, 0.717) is 48.9 Å². The molecule has 0 saturated carbocycles. The molecule has 5 rings (SSSR count). The first-order valence-corrected chi connectivity index (χ1v) is 11.0. The van der Waals surface area contributed by atoms with E-state index < -0.39 is 11.8 Å². The Morgan fingerprint density at radius 1 is 0.912 bits per heavy atom. The number of imide groups is 1. The number of nitrogens with one attached hydrogen (secondary N) is 1. The van der Waals surface area contributed by atoms with Crippen LogP contribution in [0.15, 0.2) is 54.7 Å². The van der Waals surface area contributed by atoms with Crippen molar-refractivity contribution in [2.24, 2.45) is 0 Å². The molecule has 3 amide bonds. The van der Waals surface area contributed by atoms with Gasteiger partial charge in [0.25, 0.3) is 11.8 Å². The lowest BCUT2D eigenvalue weighted by atomic mass is 10.1. The van der Waals surface area contributed by atoms with Crippen LogP contribution in [0.1, 0.15) is 26.3 Å². The largest absolute Gasteiger partial charge is 0.352 e. The summed E-state index contributed by atoms with van der Waals surface area (Å²) >= 11 is 0. The summed E-state index contributed by atoms with van der Waals surface area (Å²) in [6.07, 6.45) is 1.73. The standard InChI is InChI=1S/C24H23N7O3/c1-16-8-9-25-20(14-16)26-19-6-7-21(28-27-19)29-10-12-30(13-11-29)22(32)15-31-23(33)17-4-2-3-5-18(17)24(31)34/h2-9,14H,10-13,15H2,1H3,(H,25,26,27). The lowest BCUT2D eigenvalue weighted by Crippen LogP contribution is -2.52. The molecule has 0 atom stereocenters. The van der Waals surface area contributed by atoms with Gasteiger partial charge in [0.05, 0.1) is 11.1 Å². The van der Waals surface area contributed by atoms with Gasteiger partial charge in [-0.15, -0.1) is 10.2 Å². The number of fused-ring (bicyclic) bond motifs is 1. The van der Waals surface area contributed by atoms with Crippen molar-refractivity contribution in [2.75, 3.05) is 42.9 Å². The summed E-state index contributed by atoms with van der Waals surface area (Å²) in [6.45, 7) is 3.84. The molecule has 0 spiro atoms. The van der Waals surface area contributed by atoms with Crippen molar-refractivity contribution < 1.29 is 14.4 Å². The molecule has 10 nitrogen and oxygen atoms in total. The molecular weight excluding hydrogens is 434 g/mol. The fourth-order valence-electron chi connectivity index (χ4n) is 4.10. The van der Waals surface area contributed by atoms with E-state index in [9.17, 15) is 14.4 Å². The highest BCUT2D eigenvalue weighted by molar-refractivity contribution is 6.22. The molecule has 172 valence electrons. The Hall–Kier alpha value is -4.34. The summed E-state index contributed by atoms with van der Waals surface area (Å²) in [7, 11) is 0. The van der Waals surface area contributed by atoms with Crippen LogP contribution in [-0.2, 0) is 4.79 Å². The van der Waals surface area contributed by atoms with Crippen molar-refractivity contribution in [1.82, 2.24) is 25.0 Å². The van der Waals surface area contributed by atoms with Crippen molar-refractivity contribution in [1.29, 1.82) is 0 Å². The molecule has 1 N–H and O–H groups in total. The molecule has 4 heterocycles. The Morgan fingerprint density at radius 2 is 1.62 bits per heavy atom. The number of hydrogen-bond donors (Lipinski definition) is 1. The molecule has 2 aliphatic rings. The summed E-state index contributed by atoms with van der Waals surface area (Å²) in [5, 5.41) is 11.7. The van der Waals surface area contributed by atoms with Gasteiger partial charge in [-0.3, -0.25) is 19.3 Å². The van der Waals surface area contributed by atoms with Gasteiger partial charge in [0.1, 0.15) is 12.4 Å². The molecule has 1 fully saturated rings. The summed E-state index contributed by atoms with van der Waals surface area (Å²) in [5.74, 6) is 0.930. The Bertz CT molecular complexity index is 1220. The van der Waals surface area contributed by atoms with Crippen molar-refractivity contribution >= 4 is 35.2 Å². The van der Waals surface area contributed by atoms with Crippen LogP contribution < -0.4 is 10.2 Å². The second kappa shape index (κ2) is 8.89. The average molecular weight is 457 g/mol. The maximum atomic E-state index is 12.8. The number of benzene rings is 1. The third-order valence-corrected chi connectivity index (χ3v) is 5.95. The van der Waals surface area contributed by atoms with E-state index in [2.05, 4.69) is 20.5 Å². The van der Waals surface area contributed by atoms with E-state index in [1.54, 1.807) is 35.4 Å². The van der Waals surface area contributed by atoms with E-state index in [1.807, 2.05) is 36.1 Å². The van der Waals surface area contributed by atoms with Crippen LogP contribution in [0.25, 0.3) is 0 Å². The summed E-state index contributed by atoms with van der Waals surface area (Å²) in [5.41, 5.74) is 1.79. The van der Waals surface area contributed by atoms with E-state index in [-0.39, 0.29) is 12.5 Å². The third kappa shape index (κ3) is 4.17.